The van der Waals surface area contributed by atoms with Crippen molar-refractivity contribution >= 4 is 9.84 Å². The van der Waals surface area contributed by atoms with Crippen LogP contribution in [0.25, 0.3) is 0 Å². The molecule has 0 amide bonds. The van der Waals surface area contributed by atoms with Crippen molar-refractivity contribution in [1.82, 2.24) is 5.32 Å². The Kier molecular flexibility index (Phi) is 3.85. The highest BCUT2D eigenvalue weighted by atomic mass is 32.2. The van der Waals surface area contributed by atoms with Crippen molar-refractivity contribution in [3.8, 4) is 5.75 Å². The molecule has 1 aromatic carbocycles. The van der Waals surface area contributed by atoms with Crippen LogP contribution in [0.2, 0.25) is 0 Å². The van der Waals surface area contributed by atoms with Gasteiger partial charge in [-0.2, -0.15) is 0 Å². The van der Waals surface area contributed by atoms with Crippen LogP contribution in [0.5, 0.6) is 5.75 Å². The molecule has 5 nitrogen and oxygen atoms in total. The Morgan fingerprint density at radius 1 is 1.42 bits per heavy atom. The smallest absolute Gasteiger partial charge is 0.175 e. The van der Waals surface area contributed by atoms with Crippen LogP contribution >= 0.6 is 0 Å². The quantitative estimate of drug-likeness (QED) is 0.839. The first-order valence-electron chi connectivity index (χ1n) is 6.15. The van der Waals surface area contributed by atoms with Gasteiger partial charge in [0.1, 0.15) is 5.75 Å². The summed E-state index contributed by atoms with van der Waals surface area (Å²) in [6.07, 6.45) is 1.17. The lowest BCUT2D eigenvalue weighted by molar-refractivity contribution is 0.0168. The van der Waals surface area contributed by atoms with Gasteiger partial charge in [-0.05, 0) is 31.2 Å². The van der Waals surface area contributed by atoms with Gasteiger partial charge >= 0.3 is 0 Å². The third kappa shape index (κ3) is 3.46. The molecular formula is C13H19NO4S. The van der Waals surface area contributed by atoms with Gasteiger partial charge in [0.15, 0.2) is 9.84 Å². The number of hydrogen-bond donors (Lipinski definition) is 2. The number of nitrogens with one attached hydrogen (secondary N) is 1. The van der Waals surface area contributed by atoms with Crippen LogP contribution in [0.15, 0.2) is 29.2 Å². The summed E-state index contributed by atoms with van der Waals surface area (Å²) in [7, 11) is -3.17. The number of sulfone groups is 1. The fourth-order valence-electron chi connectivity index (χ4n) is 2.08. The maximum atomic E-state index is 11.3. The predicted molar refractivity (Wildman–Crippen MR) is 72.0 cm³/mol. The molecule has 0 spiro atoms. The molecule has 0 unspecified atom stereocenters. The molecule has 0 radical (unpaired) electrons. The van der Waals surface area contributed by atoms with E-state index in [0.717, 1.165) is 0 Å². The average molecular weight is 285 g/mol. The summed E-state index contributed by atoms with van der Waals surface area (Å²) >= 11 is 0. The van der Waals surface area contributed by atoms with Gasteiger partial charge < -0.3 is 15.2 Å². The summed E-state index contributed by atoms with van der Waals surface area (Å²) in [5.41, 5.74) is -0.757. The molecule has 19 heavy (non-hydrogen) atoms. The van der Waals surface area contributed by atoms with E-state index in [0.29, 0.717) is 25.4 Å². The maximum absolute atomic E-state index is 11.3. The Hall–Kier alpha value is -1.11. The van der Waals surface area contributed by atoms with Gasteiger partial charge in [0.2, 0.25) is 0 Å². The number of β-amino-alcohol motifs (C(OH)–C–C–N with tert-alkyl or cyclic N) is 1. The molecule has 2 rings (SSSR count). The maximum Gasteiger partial charge on any atom is 0.175 e. The van der Waals surface area contributed by atoms with Crippen molar-refractivity contribution in [3.63, 3.8) is 0 Å². The highest BCUT2D eigenvalue weighted by Gasteiger charge is 2.37. The monoisotopic (exact) mass is 285 g/mol. The molecule has 1 fully saturated rings. The molecule has 2 N–H and O–H groups in total. The molecule has 1 heterocycles. The van der Waals surface area contributed by atoms with Crippen molar-refractivity contribution in [2.24, 2.45) is 5.92 Å². The van der Waals surface area contributed by atoms with Crippen LogP contribution in [0.4, 0.5) is 0 Å². The van der Waals surface area contributed by atoms with E-state index in [1.807, 2.05) is 0 Å². The van der Waals surface area contributed by atoms with E-state index >= 15 is 0 Å². The SMILES string of the molecule is C[C@]1(O)CNC[C@H]1COc1ccc(S(C)(=O)=O)cc1. The lowest BCUT2D eigenvalue weighted by Crippen LogP contribution is -2.37. The van der Waals surface area contributed by atoms with E-state index in [1.165, 1.54) is 18.4 Å². The van der Waals surface area contributed by atoms with Crippen molar-refractivity contribution in [3.05, 3.63) is 24.3 Å². The zero-order valence-electron chi connectivity index (χ0n) is 11.1. The van der Waals surface area contributed by atoms with E-state index in [9.17, 15) is 13.5 Å². The van der Waals surface area contributed by atoms with Crippen LogP contribution in [-0.4, -0.2) is 45.1 Å². The molecule has 0 aliphatic carbocycles. The minimum atomic E-state index is -3.17. The standard InChI is InChI=1S/C13H19NO4S/c1-13(15)9-14-7-10(13)8-18-11-3-5-12(6-4-11)19(2,16)17/h3-6,10,14-15H,7-9H2,1-2H3/t10-,13-/m0/s1. The van der Waals surface area contributed by atoms with Crippen LogP contribution in [0.3, 0.4) is 0 Å². The van der Waals surface area contributed by atoms with Crippen LogP contribution in [0.1, 0.15) is 6.92 Å². The third-order valence-corrected chi connectivity index (χ3v) is 4.58. The second kappa shape index (κ2) is 5.11. The second-order valence-corrected chi connectivity index (χ2v) is 7.26. The fraction of sp³-hybridized carbons (Fsp3) is 0.538. The van der Waals surface area contributed by atoms with Crippen molar-refractivity contribution < 1.29 is 18.3 Å². The molecule has 1 saturated heterocycles. The van der Waals surface area contributed by atoms with E-state index in [2.05, 4.69) is 5.32 Å². The van der Waals surface area contributed by atoms with Crippen LogP contribution < -0.4 is 10.1 Å². The fourth-order valence-corrected chi connectivity index (χ4v) is 2.71. The predicted octanol–water partition coefficient (Wildman–Crippen LogP) is 0.439. The highest BCUT2D eigenvalue weighted by Crippen LogP contribution is 2.23. The summed E-state index contributed by atoms with van der Waals surface area (Å²) in [6.45, 7) is 3.47. The van der Waals surface area contributed by atoms with Gasteiger partial charge in [0.25, 0.3) is 0 Å². The minimum Gasteiger partial charge on any atom is -0.493 e. The Labute approximate surface area is 113 Å². The van der Waals surface area contributed by atoms with E-state index < -0.39 is 15.4 Å². The Balaban J connectivity index is 1.97. The zero-order chi connectivity index (χ0) is 14.1. The van der Waals surface area contributed by atoms with Crippen LogP contribution in [0, 0.1) is 5.92 Å². The third-order valence-electron chi connectivity index (χ3n) is 3.46. The lowest BCUT2D eigenvalue weighted by atomic mass is 9.94. The zero-order valence-corrected chi connectivity index (χ0v) is 11.9. The molecule has 1 aromatic rings. The number of rotatable bonds is 4. The highest BCUT2D eigenvalue weighted by molar-refractivity contribution is 7.90. The van der Waals surface area contributed by atoms with Gasteiger partial charge in [-0.25, -0.2) is 8.42 Å². The topological polar surface area (TPSA) is 75.6 Å². The second-order valence-electron chi connectivity index (χ2n) is 5.24. The molecule has 1 aliphatic rings. The first kappa shape index (κ1) is 14.3. The lowest BCUT2D eigenvalue weighted by Gasteiger charge is -2.24. The van der Waals surface area contributed by atoms with E-state index in [4.69, 9.17) is 4.74 Å². The largest absolute Gasteiger partial charge is 0.493 e. The molecule has 106 valence electrons. The molecule has 6 heteroatoms. The average Bonchev–Trinajstić information content (AvgIpc) is 2.65. The van der Waals surface area contributed by atoms with Gasteiger partial charge in [0.05, 0.1) is 17.1 Å². The number of hydrogen-bond acceptors (Lipinski definition) is 5. The van der Waals surface area contributed by atoms with Crippen molar-refractivity contribution in [2.75, 3.05) is 26.0 Å². The number of ether oxygens (including phenoxy) is 1. The normalized spacial score (nSPS) is 27.4. The Morgan fingerprint density at radius 2 is 2.05 bits per heavy atom. The Morgan fingerprint density at radius 3 is 2.53 bits per heavy atom. The number of benzene rings is 1. The first-order chi connectivity index (χ1) is 8.79. The van der Waals surface area contributed by atoms with Crippen molar-refractivity contribution in [2.45, 2.75) is 17.4 Å². The van der Waals surface area contributed by atoms with Crippen molar-refractivity contribution in [1.29, 1.82) is 0 Å². The molecule has 1 aliphatic heterocycles. The summed E-state index contributed by atoms with van der Waals surface area (Å²) in [5, 5.41) is 13.2. The van der Waals surface area contributed by atoms with E-state index in [1.54, 1.807) is 19.1 Å². The summed E-state index contributed by atoms with van der Waals surface area (Å²) < 4.78 is 28.2. The Bertz CT molecular complexity index is 536. The molecule has 0 bridgehead atoms. The summed E-state index contributed by atoms with van der Waals surface area (Å²) in [4.78, 5) is 0.273. The first-order valence-corrected chi connectivity index (χ1v) is 8.04. The molecule has 0 saturated carbocycles. The van der Waals surface area contributed by atoms with Gasteiger partial charge in [-0.15, -0.1) is 0 Å². The van der Waals surface area contributed by atoms with Crippen LogP contribution in [-0.2, 0) is 9.84 Å². The molecule has 2 atom stereocenters. The summed E-state index contributed by atoms with van der Waals surface area (Å²) in [6, 6.07) is 6.31. The minimum absolute atomic E-state index is 0.0297. The molecule has 0 aromatic heterocycles. The van der Waals surface area contributed by atoms with E-state index in [-0.39, 0.29) is 10.8 Å². The van der Waals surface area contributed by atoms with Gasteiger partial charge in [0, 0.05) is 25.3 Å². The van der Waals surface area contributed by atoms with Gasteiger partial charge in [-0.3, -0.25) is 0 Å². The molecular weight excluding hydrogens is 266 g/mol. The van der Waals surface area contributed by atoms with Gasteiger partial charge in [-0.1, -0.05) is 0 Å². The summed E-state index contributed by atoms with van der Waals surface area (Å²) in [5.74, 6) is 0.636. The number of aliphatic hydroxyl groups is 1.